The Labute approximate surface area is 163 Å². The van der Waals surface area contributed by atoms with Gasteiger partial charge in [-0.2, -0.15) is 4.98 Å². The highest BCUT2D eigenvalue weighted by molar-refractivity contribution is 5.75. The van der Waals surface area contributed by atoms with Gasteiger partial charge >= 0.3 is 0 Å². The number of fused-ring (bicyclic) bond motifs is 1. The quantitative estimate of drug-likeness (QED) is 0.586. The Hall–Kier alpha value is -2.99. The van der Waals surface area contributed by atoms with Crippen molar-refractivity contribution >= 4 is 11.0 Å². The van der Waals surface area contributed by atoms with Gasteiger partial charge in [0.05, 0.1) is 17.4 Å². The van der Waals surface area contributed by atoms with Crippen LogP contribution in [0, 0.1) is 0 Å². The first-order chi connectivity index (χ1) is 13.8. The number of imidazole rings is 1. The monoisotopic (exact) mass is 373 g/mol. The Bertz CT molecular complexity index is 1100. The van der Waals surface area contributed by atoms with Crippen LogP contribution in [-0.4, -0.2) is 32.3 Å². The average molecular weight is 373 g/mol. The molecule has 2 atom stereocenters. The first-order valence-corrected chi connectivity index (χ1v) is 9.82. The molecule has 1 N–H and O–H groups in total. The number of nitrogens with one attached hydrogen (secondary N) is 1. The number of hydrogen-bond donors (Lipinski definition) is 1. The van der Waals surface area contributed by atoms with Crippen LogP contribution in [0.15, 0.2) is 59.4 Å². The standard InChI is InChI=1S/C22H23N5O/c1-15-11-18(9-10-23-15)22-25-21(26-28-22)17-6-4-5-16(12-17)13-27-14-24-19-7-2-3-8-20(19)27/h2-8,12,14-15,18,23H,9-11,13H2,1H3/t15-,18-/m0/s1. The van der Waals surface area contributed by atoms with Crippen molar-refractivity contribution in [2.24, 2.45) is 0 Å². The third-order valence-corrected chi connectivity index (χ3v) is 5.48. The van der Waals surface area contributed by atoms with E-state index in [1.807, 2.05) is 36.7 Å². The predicted octanol–water partition coefficient (Wildman–Crippen LogP) is 3.99. The Morgan fingerprint density at radius 1 is 1.18 bits per heavy atom. The molecule has 0 aliphatic carbocycles. The Morgan fingerprint density at radius 3 is 3.04 bits per heavy atom. The second-order valence-electron chi connectivity index (χ2n) is 7.59. The van der Waals surface area contributed by atoms with E-state index in [4.69, 9.17) is 9.51 Å². The lowest BCUT2D eigenvalue weighted by Crippen LogP contribution is -2.34. The molecule has 2 aromatic heterocycles. The number of piperidine rings is 1. The summed E-state index contributed by atoms with van der Waals surface area (Å²) in [7, 11) is 0. The molecule has 3 heterocycles. The summed E-state index contributed by atoms with van der Waals surface area (Å²) < 4.78 is 7.77. The molecule has 5 rings (SSSR count). The van der Waals surface area contributed by atoms with Gasteiger partial charge in [0.25, 0.3) is 0 Å². The van der Waals surface area contributed by atoms with Crippen molar-refractivity contribution in [3.63, 3.8) is 0 Å². The zero-order chi connectivity index (χ0) is 18.9. The maximum atomic E-state index is 5.61. The van der Waals surface area contributed by atoms with E-state index in [0.717, 1.165) is 48.4 Å². The maximum absolute atomic E-state index is 5.61. The van der Waals surface area contributed by atoms with Gasteiger partial charge < -0.3 is 14.4 Å². The molecule has 1 aliphatic rings. The van der Waals surface area contributed by atoms with Crippen molar-refractivity contribution in [1.82, 2.24) is 25.0 Å². The predicted molar refractivity (Wildman–Crippen MR) is 108 cm³/mol. The van der Waals surface area contributed by atoms with Crippen molar-refractivity contribution in [3.05, 3.63) is 66.3 Å². The van der Waals surface area contributed by atoms with Gasteiger partial charge in [-0.1, -0.05) is 35.5 Å². The molecule has 142 valence electrons. The zero-order valence-corrected chi connectivity index (χ0v) is 15.9. The molecule has 2 aromatic carbocycles. The van der Waals surface area contributed by atoms with E-state index in [-0.39, 0.29) is 0 Å². The molecule has 4 aromatic rings. The van der Waals surface area contributed by atoms with Crippen LogP contribution < -0.4 is 5.32 Å². The second kappa shape index (κ2) is 7.20. The number of aromatic nitrogens is 4. The molecule has 0 spiro atoms. The van der Waals surface area contributed by atoms with Crippen LogP contribution >= 0.6 is 0 Å². The molecule has 6 nitrogen and oxygen atoms in total. The molecule has 0 amide bonds. The first-order valence-electron chi connectivity index (χ1n) is 9.82. The normalized spacial score (nSPS) is 19.9. The minimum atomic E-state index is 0.345. The van der Waals surface area contributed by atoms with E-state index in [1.165, 1.54) is 5.56 Å². The topological polar surface area (TPSA) is 68.8 Å². The number of nitrogens with zero attached hydrogens (tertiary/aromatic N) is 4. The fourth-order valence-electron chi connectivity index (χ4n) is 4.02. The van der Waals surface area contributed by atoms with Gasteiger partial charge in [0.15, 0.2) is 0 Å². The van der Waals surface area contributed by atoms with Crippen LogP contribution in [0.1, 0.15) is 37.1 Å². The fourth-order valence-corrected chi connectivity index (χ4v) is 4.02. The lowest BCUT2D eigenvalue weighted by atomic mass is 9.93. The molecule has 0 bridgehead atoms. The SMILES string of the molecule is C[C@H]1C[C@@H](c2nc(-c3cccc(Cn4cnc5ccccc54)c3)no2)CCN1. The Morgan fingerprint density at radius 2 is 2.11 bits per heavy atom. The fraction of sp³-hybridized carbons (Fsp3) is 0.318. The van der Waals surface area contributed by atoms with E-state index in [0.29, 0.717) is 17.8 Å². The molecule has 6 heteroatoms. The van der Waals surface area contributed by atoms with Gasteiger partial charge in [-0.15, -0.1) is 0 Å². The Balaban J connectivity index is 1.39. The van der Waals surface area contributed by atoms with Gasteiger partial charge in [0.1, 0.15) is 0 Å². The molecular formula is C22H23N5O. The third kappa shape index (κ3) is 3.31. The summed E-state index contributed by atoms with van der Waals surface area (Å²) in [6.07, 6.45) is 3.97. The highest BCUT2D eigenvalue weighted by Crippen LogP contribution is 2.28. The number of hydrogen-bond acceptors (Lipinski definition) is 5. The smallest absolute Gasteiger partial charge is 0.230 e. The minimum Gasteiger partial charge on any atom is -0.339 e. The van der Waals surface area contributed by atoms with Gasteiger partial charge in [-0.05, 0) is 50.1 Å². The van der Waals surface area contributed by atoms with E-state index in [2.05, 4.69) is 45.1 Å². The molecule has 1 aliphatic heterocycles. The molecule has 1 saturated heterocycles. The molecule has 1 fully saturated rings. The van der Waals surface area contributed by atoms with E-state index in [1.54, 1.807) is 0 Å². The van der Waals surface area contributed by atoms with Crippen molar-refractivity contribution in [1.29, 1.82) is 0 Å². The number of rotatable bonds is 4. The van der Waals surface area contributed by atoms with Gasteiger partial charge in [-0.3, -0.25) is 0 Å². The third-order valence-electron chi connectivity index (χ3n) is 5.48. The summed E-state index contributed by atoms with van der Waals surface area (Å²) in [4.78, 5) is 9.18. The van der Waals surface area contributed by atoms with Crippen molar-refractivity contribution < 1.29 is 4.52 Å². The van der Waals surface area contributed by atoms with E-state index in [9.17, 15) is 0 Å². The van der Waals surface area contributed by atoms with Crippen LogP contribution in [0.25, 0.3) is 22.4 Å². The average Bonchev–Trinajstić information content (AvgIpc) is 3.36. The van der Waals surface area contributed by atoms with Gasteiger partial charge in [0.2, 0.25) is 11.7 Å². The maximum Gasteiger partial charge on any atom is 0.230 e. The largest absolute Gasteiger partial charge is 0.339 e. The summed E-state index contributed by atoms with van der Waals surface area (Å²) in [6, 6.07) is 17.0. The van der Waals surface area contributed by atoms with Crippen molar-refractivity contribution in [2.75, 3.05) is 6.54 Å². The van der Waals surface area contributed by atoms with Crippen LogP contribution in [0.4, 0.5) is 0 Å². The van der Waals surface area contributed by atoms with Crippen LogP contribution in [0.5, 0.6) is 0 Å². The molecule has 0 unspecified atom stereocenters. The summed E-state index contributed by atoms with van der Waals surface area (Å²) in [6.45, 7) is 3.95. The van der Waals surface area contributed by atoms with Crippen molar-refractivity contribution in [2.45, 2.75) is 38.3 Å². The number of benzene rings is 2. The summed E-state index contributed by atoms with van der Waals surface area (Å²) in [5.41, 5.74) is 4.31. The first kappa shape index (κ1) is 17.1. The lowest BCUT2D eigenvalue weighted by molar-refractivity contribution is 0.295. The summed E-state index contributed by atoms with van der Waals surface area (Å²) in [5, 5.41) is 7.71. The molecule has 0 radical (unpaired) electrons. The lowest BCUT2D eigenvalue weighted by Gasteiger charge is -2.25. The number of para-hydroxylation sites is 2. The van der Waals surface area contributed by atoms with Crippen LogP contribution in [0.3, 0.4) is 0 Å². The minimum absolute atomic E-state index is 0.345. The highest BCUT2D eigenvalue weighted by Gasteiger charge is 2.25. The zero-order valence-electron chi connectivity index (χ0n) is 15.9. The highest BCUT2D eigenvalue weighted by atomic mass is 16.5. The van der Waals surface area contributed by atoms with Gasteiger partial charge in [0, 0.05) is 24.1 Å². The Kier molecular flexibility index (Phi) is 4.41. The van der Waals surface area contributed by atoms with Gasteiger partial charge in [-0.25, -0.2) is 4.98 Å². The second-order valence-corrected chi connectivity index (χ2v) is 7.59. The molecular weight excluding hydrogens is 350 g/mol. The summed E-state index contributed by atoms with van der Waals surface area (Å²) >= 11 is 0. The van der Waals surface area contributed by atoms with E-state index >= 15 is 0 Å². The van der Waals surface area contributed by atoms with Crippen molar-refractivity contribution in [3.8, 4) is 11.4 Å². The molecule has 0 saturated carbocycles. The summed E-state index contributed by atoms with van der Waals surface area (Å²) in [5.74, 6) is 1.77. The molecule has 28 heavy (non-hydrogen) atoms. The van der Waals surface area contributed by atoms with E-state index < -0.39 is 0 Å². The van der Waals surface area contributed by atoms with Crippen LogP contribution in [-0.2, 0) is 6.54 Å². The van der Waals surface area contributed by atoms with Crippen LogP contribution in [0.2, 0.25) is 0 Å².